The van der Waals surface area contributed by atoms with Crippen LogP contribution in [-0.2, 0) is 6.42 Å². The van der Waals surface area contributed by atoms with E-state index in [2.05, 4.69) is 32.0 Å². The van der Waals surface area contributed by atoms with Gasteiger partial charge < -0.3 is 5.11 Å². The molecule has 0 unspecified atom stereocenters. The number of aliphatic hydroxyl groups excluding tert-OH is 1. The highest BCUT2D eigenvalue weighted by Crippen LogP contribution is 2.58. The van der Waals surface area contributed by atoms with Crippen molar-refractivity contribution in [2.75, 3.05) is 0 Å². The minimum Gasteiger partial charge on any atom is -0.393 e. The highest BCUT2D eigenvalue weighted by Gasteiger charge is 2.49. The average Bonchev–Trinajstić information content (AvgIpc) is 2.87. The van der Waals surface area contributed by atoms with Crippen molar-refractivity contribution in [3.05, 3.63) is 34.2 Å². The van der Waals surface area contributed by atoms with Gasteiger partial charge in [-0.2, -0.15) is 0 Å². The molecule has 1 aromatic heterocycles. The van der Waals surface area contributed by atoms with Crippen LogP contribution in [0.4, 0.5) is 0 Å². The van der Waals surface area contributed by atoms with Crippen LogP contribution in [0.2, 0.25) is 0 Å². The molecule has 0 saturated heterocycles. The molecule has 1 nitrogen and oxygen atoms in total. The molecule has 1 fully saturated rings. The molecule has 0 aliphatic heterocycles. The lowest BCUT2D eigenvalue weighted by molar-refractivity contribution is 0.0467. The summed E-state index contributed by atoms with van der Waals surface area (Å²) in [5.74, 6) is 0.587. The van der Waals surface area contributed by atoms with Crippen molar-refractivity contribution in [1.29, 1.82) is 0 Å². The number of benzene rings is 1. The third-order valence-electron chi connectivity index (χ3n) is 5.50. The third kappa shape index (κ3) is 1.50. The molecule has 0 amide bonds. The van der Waals surface area contributed by atoms with Crippen molar-refractivity contribution in [2.45, 2.75) is 51.6 Å². The fourth-order valence-electron chi connectivity index (χ4n) is 4.20. The maximum Gasteiger partial charge on any atom is 0.0600 e. The van der Waals surface area contributed by atoms with Gasteiger partial charge >= 0.3 is 0 Å². The zero-order chi connectivity index (χ0) is 13.2. The van der Waals surface area contributed by atoms with E-state index in [-0.39, 0.29) is 11.5 Å². The van der Waals surface area contributed by atoms with Gasteiger partial charge in [0.1, 0.15) is 0 Å². The standard InChI is InChI=1S/C17H20OS/c1-10-3-4-11-12-7-8-17(2)13(5-6-15(17)18)16(12)19-14(11)9-10/h3-4,9,13,15,18H,5-8H2,1-2H3/t13-,15+,17+/m0/s1. The second-order valence-corrected chi connectivity index (χ2v) is 7.68. The first-order valence-electron chi connectivity index (χ1n) is 7.29. The molecule has 1 saturated carbocycles. The van der Waals surface area contributed by atoms with E-state index in [1.54, 1.807) is 10.4 Å². The summed E-state index contributed by atoms with van der Waals surface area (Å²) in [6, 6.07) is 6.85. The van der Waals surface area contributed by atoms with Crippen LogP contribution in [0.1, 0.15) is 48.1 Å². The first-order valence-corrected chi connectivity index (χ1v) is 8.11. The maximum atomic E-state index is 10.3. The van der Waals surface area contributed by atoms with Gasteiger partial charge in [0.2, 0.25) is 0 Å². The van der Waals surface area contributed by atoms with Gasteiger partial charge in [0.05, 0.1) is 6.10 Å². The molecular formula is C17H20OS. The summed E-state index contributed by atoms with van der Waals surface area (Å²) >= 11 is 1.98. The Bertz CT molecular complexity index is 657. The van der Waals surface area contributed by atoms with Gasteiger partial charge in [-0.3, -0.25) is 0 Å². The highest BCUT2D eigenvalue weighted by molar-refractivity contribution is 7.19. The number of aliphatic hydroxyl groups is 1. The molecule has 4 rings (SSSR count). The molecular weight excluding hydrogens is 252 g/mol. The maximum absolute atomic E-state index is 10.3. The second-order valence-electron chi connectivity index (χ2n) is 6.60. The lowest BCUT2D eigenvalue weighted by atomic mass is 9.69. The Kier molecular flexibility index (Phi) is 2.40. The molecule has 0 bridgehead atoms. The number of thiophene rings is 1. The van der Waals surface area contributed by atoms with Gasteiger partial charge in [0, 0.05) is 20.9 Å². The summed E-state index contributed by atoms with van der Waals surface area (Å²) in [5, 5.41) is 11.8. The summed E-state index contributed by atoms with van der Waals surface area (Å²) in [5.41, 5.74) is 3.06. The van der Waals surface area contributed by atoms with E-state index in [9.17, 15) is 5.11 Å². The normalized spacial score (nSPS) is 33.4. The fraction of sp³-hybridized carbons (Fsp3) is 0.529. The van der Waals surface area contributed by atoms with Gasteiger partial charge in [-0.15, -0.1) is 11.3 Å². The Morgan fingerprint density at radius 3 is 3.00 bits per heavy atom. The molecule has 1 heterocycles. The van der Waals surface area contributed by atoms with Crippen molar-refractivity contribution in [1.82, 2.24) is 0 Å². The Morgan fingerprint density at radius 2 is 2.16 bits per heavy atom. The van der Waals surface area contributed by atoms with Gasteiger partial charge in [0.15, 0.2) is 0 Å². The SMILES string of the molecule is Cc1ccc2c3c(sc2c1)[C@@H]1CC[C@@H](O)[C@]1(C)CC3. The summed E-state index contributed by atoms with van der Waals surface area (Å²) in [6.07, 6.45) is 4.33. The summed E-state index contributed by atoms with van der Waals surface area (Å²) in [6.45, 7) is 4.47. The van der Waals surface area contributed by atoms with Crippen molar-refractivity contribution in [3.63, 3.8) is 0 Å². The van der Waals surface area contributed by atoms with Crippen molar-refractivity contribution < 1.29 is 5.11 Å². The first kappa shape index (κ1) is 11.9. The van der Waals surface area contributed by atoms with Crippen LogP contribution in [0.5, 0.6) is 0 Å². The van der Waals surface area contributed by atoms with E-state index in [0.29, 0.717) is 5.92 Å². The van der Waals surface area contributed by atoms with Crippen LogP contribution < -0.4 is 0 Å². The molecule has 0 radical (unpaired) electrons. The Morgan fingerprint density at radius 1 is 1.32 bits per heavy atom. The number of hydrogen-bond acceptors (Lipinski definition) is 2. The van der Waals surface area contributed by atoms with Crippen LogP contribution in [0, 0.1) is 12.3 Å². The summed E-state index contributed by atoms with van der Waals surface area (Å²) in [7, 11) is 0. The van der Waals surface area contributed by atoms with Crippen LogP contribution in [0.25, 0.3) is 10.1 Å². The predicted octanol–water partition coefficient (Wildman–Crippen LogP) is 4.40. The lowest BCUT2D eigenvalue weighted by Crippen LogP contribution is -2.34. The Labute approximate surface area is 118 Å². The number of fused-ring (bicyclic) bond motifs is 5. The minimum absolute atomic E-state index is 0.0994. The van der Waals surface area contributed by atoms with Crippen molar-refractivity contribution in [2.24, 2.45) is 5.41 Å². The summed E-state index contributed by atoms with van der Waals surface area (Å²) < 4.78 is 1.44. The van der Waals surface area contributed by atoms with Gasteiger partial charge in [-0.1, -0.05) is 19.1 Å². The smallest absolute Gasteiger partial charge is 0.0600 e. The Balaban J connectivity index is 1.93. The largest absolute Gasteiger partial charge is 0.393 e. The molecule has 100 valence electrons. The molecule has 0 spiro atoms. The first-order chi connectivity index (χ1) is 9.09. The molecule has 2 aliphatic carbocycles. The third-order valence-corrected chi connectivity index (χ3v) is 6.80. The zero-order valence-corrected chi connectivity index (χ0v) is 12.4. The van der Waals surface area contributed by atoms with Gasteiger partial charge in [0.25, 0.3) is 0 Å². The summed E-state index contributed by atoms with van der Waals surface area (Å²) in [4.78, 5) is 1.57. The second kappa shape index (κ2) is 3.83. The van der Waals surface area contributed by atoms with Crippen LogP contribution in [-0.4, -0.2) is 11.2 Å². The van der Waals surface area contributed by atoms with E-state index in [1.807, 2.05) is 11.3 Å². The molecule has 19 heavy (non-hydrogen) atoms. The molecule has 3 atom stereocenters. The van der Waals surface area contributed by atoms with E-state index in [1.165, 1.54) is 15.6 Å². The highest BCUT2D eigenvalue weighted by atomic mass is 32.1. The topological polar surface area (TPSA) is 20.2 Å². The predicted molar refractivity (Wildman–Crippen MR) is 81.0 cm³/mol. The van der Waals surface area contributed by atoms with E-state index >= 15 is 0 Å². The van der Waals surface area contributed by atoms with E-state index in [0.717, 1.165) is 25.7 Å². The molecule has 1 N–H and O–H groups in total. The molecule has 1 aromatic carbocycles. The number of rotatable bonds is 0. The monoisotopic (exact) mass is 272 g/mol. The van der Waals surface area contributed by atoms with Crippen LogP contribution in [0.15, 0.2) is 18.2 Å². The van der Waals surface area contributed by atoms with Crippen LogP contribution >= 0.6 is 11.3 Å². The Hall–Kier alpha value is -0.860. The minimum atomic E-state index is -0.0994. The van der Waals surface area contributed by atoms with E-state index < -0.39 is 0 Å². The fourth-order valence-corrected chi connectivity index (χ4v) is 5.84. The van der Waals surface area contributed by atoms with Crippen LogP contribution in [0.3, 0.4) is 0 Å². The van der Waals surface area contributed by atoms with Gasteiger partial charge in [-0.05, 0) is 55.2 Å². The lowest BCUT2D eigenvalue weighted by Gasteiger charge is -2.38. The van der Waals surface area contributed by atoms with Crippen molar-refractivity contribution >= 4 is 21.4 Å². The molecule has 2 aromatic rings. The van der Waals surface area contributed by atoms with Crippen molar-refractivity contribution in [3.8, 4) is 0 Å². The number of hydrogen-bond donors (Lipinski definition) is 1. The zero-order valence-electron chi connectivity index (χ0n) is 11.6. The average molecular weight is 272 g/mol. The van der Waals surface area contributed by atoms with E-state index in [4.69, 9.17) is 0 Å². The number of aryl methyl sites for hydroxylation is 2. The van der Waals surface area contributed by atoms with Gasteiger partial charge in [-0.25, -0.2) is 0 Å². The quantitative estimate of drug-likeness (QED) is 0.753. The molecule has 2 heteroatoms. The molecule has 2 aliphatic rings.